The van der Waals surface area contributed by atoms with Gasteiger partial charge < -0.3 is 9.84 Å². The fourth-order valence-corrected chi connectivity index (χ4v) is 3.87. The van der Waals surface area contributed by atoms with Crippen molar-refractivity contribution in [3.8, 4) is 11.4 Å². The predicted molar refractivity (Wildman–Crippen MR) is 103 cm³/mol. The average Bonchev–Trinajstić information content (AvgIpc) is 3.30. The van der Waals surface area contributed by atoms with E-state index >= 15 is 0 Å². The van der Waals surface area contributed by atoms with Crippen molar-refractivity contribution >= 4 is 28.3 Å². The normalized spacial score (nSPS) is 20.0. The van der Waals surface area contributed by atoms with Crippen molar-refractivity contribution in [2.75, 3.05) is 13.2 Å². The molecule has 1 saturated heterocycles. The van der Waals surface area contributed by atoms with Gasteiger partial charge in [0.05, 0.1) is 29.0 Å². The molecule has 7 heteroatoms. The summed E-state index contributed by atoms with van der Waals surface area (Å²) in [5, 5.41) is 11.4. The van der Waals surface area contributed by atoms with Crippen LogP contribution >= 0.6 is 11.6 Å². The second kappa shape index (κ2) is 5.99. The summed E-state index contributed by atoms with van der Waals surface area (Å²) in [4.78, 5) is 13.7. The molecular formula is C20H17ClN4O2. The maximum atomic E-state index is 10.9. The molecule has 4 heterocycles. The van der Waals surface area contributed by atoms with Crippen LogP contribution in [0.1, 0.15) is 17.7 Å². The van der Waals surface area contributed by atoms with E-state index in [4.69, 9.17) is 16.3 Å². The number of aliphatic hydroxyl groups is 1. The Labute approximate surface area is 160 Å². The third-order valence-electron chi connectivity index (χ3n) is 5.14. The molecule has 0 radical (unpaired) electrons. The zero-order chi connectivity index (χ0) is 18.6. The second-order valence-electron chi connectivity index (χ2n) is 6.87. The van der Waals surface area contributed by atoms with Crippen molar-refractivity contribution in [3.05, 3.63) is 59.0 Å². The zero-order valence-corrected chi connectivity index (χ0v) is 15.4. The molecule has 0 saturated carbocycles. The van der Waals surface area contributed by atoms with Gasteiger partial charge in [-0.15, -0.1) is 0 Å². The number of aromatic nitrogens is 4. The van der Waals surface area contributed by atoms with E-state index in [0.717, 1.165) is 33.5 Å². The first-order valence-electron chi connectivity index (χ1n) is 8.76. The van der Waals surface area contributed by atoms with Gasteiger partial charge in [-0.2, -0.15) is 0 Å². The van der Waals surface area contributed by atoms with Crippen molar-refractivity contribution in [1.29, 1.82) is 0 Å². The summed E-state index contributed by atoms with van der Waals surface area (Å²) in [6.45, 7) is 2.77. The summed E-state index contributed by atoms with van der Waals surface area (Å²) in [6, 6.07) is 9.33. The number of pyridine rings is 1. The molecule has 1 aliphatic rings. The maximum absolute atomic E-state index is 10.9. The summed E-state index contributed by atoms with van der Waals surface area (Å²) in [5.41, 5.74) is 3.77. The number of hydrogen-bond donors (Lipinski definition) is 1. The summed E-state index contributed by atoms with van der Waals surface area (Å²) in [6.07, 6.45) is 4.07. The van der Waals surface area contributed by atoms with Crippen LogP contribution in [-0.2, 0) is 10.3 Å². The van der Waals surface area contributed by atoms with Gasteiger partial charge in [-0.1, -0.05) is 17.7 Å². The van der Waals surface area contributed by atoms with Gasteiger partial charge >= 0.3 is 0 Å². The van der Waals surface area contributed by atoms with Crippen LogP contribution < -0.4 is 0 Å². The zero-order valence-electron chi connectivity index (χ0n) is 14.7. The van der Waals surface area contributed by atoms with Gasteiger partial charge in [0.25, 0.3) is 0 Å². The number of hydrogen-bond acceptors (Lipinski definition) is 5. The lowest BCUT2D eigenvalue weighted by atomic mass is 9.92. The quantitative estimate of drug-likeness (QED) is 0.576. The molecule has 0 amide bonds. The van der Waals surface area contributed by atoms with Gasteiger partial charge in [-0.05, 0) is 36.8 Å². The second-order valence-corrected chi connectivity index (χ2v) is 7.28. The first-order valence-corrected chi connectivity index (χ1v) is 9.14. The molecule has 1 fully saturated rings. The van der Waals surface area contributed by atoms with Gasteiger partial charge in [0.1, 0.15) is 16.9 Å². The topological polar surface area (TPSA) is 72.5 Å². The first-order chi connectivity index (χ1) is 13.1. The fraction of sp³-hybridized carbons (Fsp3) is 0.250. The Morgan fingerprint density at radius 2 is 2.15 bits per heavy atom. The van der Waals surface area contributed by atoms with Crippen molar-refractivity contribution in [3.63, 3.8) is 0 Å². The highest BCUT2D eigenvalue weighted by Crippen LogP contribution is 2.36. The Balaban J connectivity index is 1.79. The minimum absolute atomic E-state index is 0.282. The number of nitrogens with zero attached hydrogens (tertiary/aromatic N) is 4. The Kier molecular flexibility index (Phi) is 3.69. The Morgan fingerprint density at radius 3 is 2.96 bits per heavy atom. The number of ether oxygens (including phenoxy) is 1. The largest absolute Gasteiger partial charge is 0.383 e. The lowest BCUT2D eigenvalue weighted by molar-refractivity contribution is 0.0232. The van der Waals surface area contributed by atoms with Gasteiger partial charge in [0, 0.05) is 24.8 Å². The third-order valence-corrected chi connectivity index (χ3v) is 5.47. The van der Waals surface area contributed by atoms with Gasteiger partial charge in [0.15, 0.2) is 5.65 Å². The van der Waals surface area contributed by atoms with Crippen molar-refractivity contribution in [2.24, 2.45) is 0 Å². The summed E-state index contributed by atoms with van der Waals surface area (Å²) >= 11 is 6.53. The molecule has 5 rings (SSSR count). The minimum Gasteiger partial charge on any atom is -0.383 e. The molecule has 1 aromatic carbocycles. The van der Waals surface area contributed by atoms with E-state index in [0.29, 0.717) is 23.9 Å². The van der Waals surface area contributed by atoms with Crippen LogP contribution in [0, 0.1) is 6.92 Å². The molecular weight excluding hydrogens is 364 g/mol. The molecule has 27 heavy (non-hydrogen) atoms. The molecule has 136 valence electrons. The molecule has 1 aliphatic heterocycles. The van der Waals surface area contributed by atoms with E-state index in [1.807, 2.05) is 35.6 Å². The van der Waals surface area contributed by atoms with Gasteiger partial charge in [-0.3, -0.25) is 4.40 Å². The van der Waals surface area contributed by atoms with Crippen LogP contribution in [0.4, 0.5) is 0 Å². The van der Waals surface area contributed by atoms with Crippen LogP contribution in [0.25, 0.3) is 28.1 Å². The summed E-state index contributed by atoms with van der Waals surface area (Å²) in [5.74, 6) is 0.675. The number of benzene rings is 1. The number of fused-ring (bicyclic) bond motifs is 3. The van der Waals surface area contributed by atoms with E-state index in [1.54, 1.807) is 18.5 Å². The molecule has 3 aromatic heterocycles. The highest BCUT2D eigenvalue weighted by Gasteiger charge is 2.34. The minimum atomic E-state index is -0.996. The monoisotopic (exact) mass is 380 g/mol. The standard InChI is InChI=1S/C20H17ClN4O2/c1-12-17-10-23-18(25(17)19-16(24-12)3-2-7-22-19)14-9-13(4-5-15(14)21)20(26)6-8-27-11-20/h2-5,7,9-10,26H,6,8,11H2,1H3. The maximum Gasteiger partial charge on any atom is 0.164 e. The Bertz CT molecular complexity index is 1180. The van der Waals surface area contributed by atoms with Crippen LogP contribution in [0.2, 0.25) is 5.02 Å². The van der Waals surface area contributed by atoms with Crippen LogP contribution in [-0.4, -0.2) is 37.7 Å². The lowest BCUT2D eigenvalue weighted by Gasteiger charge is -2.22. The molecule has 1 N–H and O–H groups in total. The third kappa shape index (κ3) is 2.52. The van der Waals surface area contributed by atoms with Crippen molar-refractivity contribution in [1.82, 2.24) is 19.4 Å². The SMILES string of the molecule is Cc1nc2cccnc2n2c(-c3cc(C4(O)CCOC4)ccc3Cl)ncc12. The number of imidazole rings is 1. The molecule has 0 bridgehead atoms. The summed E-state index contributed by atoms with van der Waals surface area (Å²) < 4.78 is 7.37. The number of halogens is 1. The highest BCUT2D eigenvalue weighted by molar-refractivity contribution is 6.33. The van der Waals surface area contributed by atoms with Gasteiger partial charge in [0.2, 0.25) is 0 Å². The van der Waals surface area contributed by atoms with Crippen molar-refractivity contribution < 1.29 is 9.84 Å². The van der Waals surface area contributed by atoms with E-state index < -0.39 is 5.60 Å². The van der Waals surface area contributed by atoms with Gasteiger partial charge in [-0.25, -0.2) is 15.0 Å². The molecule has 0 spiro atoms. The van der Waals surface area contributed by atoms with Crippen LogP contribution in [0.5, 0.6) is 0 Å². The number of aryl methyl sites for hydroxylation is 1. The highest BCUT2D eigenvalue weighted by atomic mass is 35.5. The van der Waals surface area contributed by atoms with Crippen LogP contribution in [0.3, 0.4) is 0 Å². The first kappa shape index (κ1) is 16.6. The predicted octanol–water partition coefficient (Wildman–Crippen LogP) is 3.51. The van der Waals surface area contributed by atoms with E-state index in [9.17, 15) is 5.11 Å². The lowest BCUT2D eigenvalue weighted by Crippen LogP contribution is -2.25. The molecule has 4 aromatic rings. The van der Waals surface area contributed by atoms with E-state index in [1.165, 1.54) is 0 Å². The molecule has 1 atom stereocenters. The fourth-order valence-electron chi connectivity index (χ4n) is 3.67. The molecule has 6 nitrogen and oxygen atoms in total. The van der Waals surface area contributed by atoms with E-state index in [-0.39, 0.29) is 6.61 Å². The van der Waals surface area contributed by atoms with Crippen LogP contribution in [0.15, 0.2) is 42.7 Å². The molecule has 0 aliphatic carbocycles. The Morgan fingerprint density at radius 1 is 1.26 bits per heavy atom. The van der Waals surface area contributed by atoms with E-state index in [2.05, 4.69) is 15.0 Å². The van der Waals surface area contributed by atoms with Crippen molar-refractivity contribution in [2.45, 2.75) is 18.9 Å². The molecule has 1 unspecified atom stereocenters. The number of rotatable bonds is 2. The smallest absolute Gasteiger partial charge is 0.164 e. The Hall–Kier alpha value is -2.54. The summed E-state index contributed by atoms with van der Waals surface area (Å²) in [7, 11) is 0. The average molecular weight is 381 g/mol.